The van der Waals surface area contributed by atoms with Gasteiger partial charge in [0, 0.05) is 5.02 Å². The zero-order chi connectivity index (χ0) is 19.8. The molecule has 1 fully saturated rings. The number of hydrogen-bond acceptors (Lipinski definition) is 6. The van der Waals surface area contributed by atoms with Gasteiger partial charge in [-0.1, -0.05) is 40.6 Å². The van der Waals surface area contributed by atoms with E-state index in [1.54, 1.807) is 48.5 Å². The van der Waals surface area contributed by atoms with Crippen molar-refractivity contribution in [3.05, 3.63) is 58.6 Å². The third-order valence-electron chi connectivity index (χ3n) is 4.40. The van der Waals surface area contributed by atoms with E-state index in [2.05, 4.69) is 15.7 Å². The van der Waals surface area contributed by atoms with Crippen molar-refractivity contribution in [3.63, 3.8) is 0 Å². The summed E-state index contributed by atoms with van der Waals surface area (Å²) in [4.78, 5) is 38.9. The van der Waals surface area contributed by atoms with Gasteiger partial charge in [0.05, 0.1) is 16.4 Å². The number of benzene rings is 2. The highest BCUT2D eigenvalue weighted by molar-refractivity contribution is 6.33. The van der Waals surface area contributed by atoms with Gasteiger partial charge in [0.25, 0.3) is 11.8 Å². The lowest BCUT2D eigenvalue weighted by Gasteiger charge is -2.20. The van der Waals surface area contributed by atoms with Gasteiger partial charge in [-0.2, -0.15) is 5.11 Å². The van der Waals surface area contributed by atoms with Crippen molar-refractivity contribution < 1.29 is 14.4 Å². The van der Waals surface area contributed by atoms with Crippen LogP contribution >= 0.6 is 23.2 Å². The molecule has 0 aliphatic carbocycles. The molecule has 2 aliphatic heterocycles. The van der Waals surface area contributed by atoms with E-state index in [4.69, 9.17) is 23.2 Å². The molecule has 2 aromatic carbocycles. The van der Waals surface area contributed by atoms with Crippen molar-refractivity contribution >= 4 is 52.3 Å². The number of halogens is 2. The normalized spacial score (nSPS) is 20.6. The monoisotopic (exact) mass is 417 g/mol. The molecule has 3 amide bonds. The topological polar surface area (TPSA) is 94.4 Å². The van der Waals surface area contributed by atoms with Crippen molar-refractivity contribution in [2.45, 2.75) is 12.1 Å². The van der Waals surface area contributed by atoms with E-state index >= 15 is 0 Å². The smallest absolute Gasteiger partial charge is 0.263 e. The van der Waals surface area contributed by atoms with Gasteiger partial charge in [-0.15, -0.1) is 0 Å². The number of fused-ring (bicyclic) bond motifs is 1. The molecule has 2 atom stereocenters. The van der Waals surface area contributed by atoms with Crippen LogP contribution in [0.15, 0.2) is 58.9 Å². The molecule has 0 unspecified atom stereocenters. The molecule has 0 radical (unpaired) electrons. The summed E-state index contributed by atoms with van der Waals surface area (Å²) in [7, 11) is 0. The quantitative estimate of drug-likeness (QED) is 0.773. The molecule has 10 heteroatoms. The van der Waals surface area contributed by atoms with E-state index in [1.165, 1.54) is 5.01 Å². The van der Waals surface area contributed by atoms with Gasteiger partial charge in [-0.3, -0.25) is 19.4 Å². The molecule has 28 heavy (non-hydrogen) atoms. The SMILES string of the molecule is O=C(CN1N=N[C@H]2C(=O)N(c3ccc(Cl)cc3)C(=O)[C@H]21)Nc1ccccc1Cl. The number of amides is 3. The summed E-state index contributed by atoms with van der Waals surface area (Å²) in [5.74, 6) is -1.42. The molecular formula is C18H13Cl2N5O3. The molecule has 2 aromatic rings. The molecule has 0 saturated carbocycles. The number of carbonyl (C=O) groups is 3. The summed E-state index contributed by atoms with van der Waals surface area (Å²) in [5, 5.41) is 12.5. The molecule has 8 nitrogen and oxygen atoms in total. The number of imide groups is 1. The maximum atomic E-state index is 12.8. The Labute approximate surface area is 169 Å². The van der Waals surface area contributed by atoms with E-state index in [9.17, 15) is 14.4 Å². The van der Waals surface area contributed by atoms with Gasteiger partial charge in [0.15, 0.2) is 12.1 Å². The molecule has 2 heterocycles. The molecular weight excluding hydrogens is 405 g/mol. The Balaban J connectivity index is 1.49. The molecule has 1 N–H and O–H groups in total. The van der Waals surface area contributed by atoms with Gasteiger partial charge in [-0.25, -0.2) is 4.90 Å². The van der Waals surface area contributed by atoms with Crippen LogP contribution in [-0.2, 0) is 14.4 Å². The zero-order valence-electron chi connectivity index (χ0n) is 14.3. The third-order valence-corrected chi connectivity index (χ3v) is 4.98. The Morgan fingerprint density at radius 3 is 2.46 bits per heavy atom. The fraction of sp³-hybridized carbons (Fsp3) is 0.167. The van der Waals surface area contributed by atoms with Crippen LogP contribution in [0.5, 0.6) is 0 Å². The predicted molar refractivity (Wildman–Crippen MR) is 103 cm³/mol. The van der Waals surface area contributed by atoms with Gasteiger partial charge >= 0.3 is 0 Å². The van der Waals surface area contributed by atoms with Gasteiger partial charge in [-0.05, 0) is 36.4 Å². The maximum absolute atomic E-state index is 12.8. The Morgan fingerprint density at radius 1 is 1.04 bits per heavy atom. The summed E-state index contributed by atoms with van der Waals surface area (Å²) in [5.41, 5.74) is 0.836. The number of nitrogens with zero attached hydrogens (tertiary/aromatic N) is 4. The van der Waals surface area contributed by atoms with Gasteiger partial charge in [0.2, 0.25) is 5.91 Å². The van der Waals surface area contributed by atoms with Crippen LogP contribution in [0.1, 0.15) is 0 Å². The van der Waals surface area contributed by atoms with Crippen LogP contribution in [0.25, 0.3) is 0 Å². The summed E-state index contributed by atoms with van der Waals surface area (Å²) in [6.45, 7) is -0.247. The fourth-order valence-electron chi connectivity index (χ4n) is 3.10. The lowest BCUT2D eigenvalue weighted by atomic mass is 10.1. The predicted octanol–water partition coefficient (Wildman–Crippen LogP) is 2.93. The molecule has 0 aromatic heterocycles. The van der Waals surface area contributed by atoms with Crippen molar-refractivity contribution in [3.8, 4) is 0 Å². The van der Waals surface area contributed by atoms with Crippen LogP contribution in [0.2, 0.25) is 10.0 Å². The largest absolute Gasteiger partial charge is 0.323 e. The highest BCUT2D eigenvalue weighted by atomic mass is 35.5. The average molecular weight is 418 g/mol. The van der Waals surface area contributed by atoms with Crippen LogP contribution < -0.4 is 10.2 Å². The van der Waals surface area contributed by atoms with Crippen molar-refractivity contribution in [2.24, 2.45) is 10.3 Å². The summed E-state index contributed by atoms with van der Waals surface area (Å²) < 4.78 is 0. The number of anilines is 2. The van der Waals surface area contributed by atoms with Crippen LogP contribution in [0.3, 0.4) is 0 Å². The summed E-state index contributed by atoms with van der Waals surface area (Å²) >= 11 is 11.9. The lowest BCUT2D eigenvalue weighted by molar-refractivity contribution is -0.123. The van der Waals surface area contributed by atoms with Crippen molar-refractivity contribution in [1.29, 1.82) is 0 Å². The van der Waals surface area contributed by atoms with Crippen LogP contribution in [-0.4, -0.2) is 41.4 Å². The second-order valence-corrected chi connectivity index (χ2v) is 7.05. The van der Waals surface area contributed by atoms with E-state index in [1.807, 2.05) is 0 Å². The minimum atomic E-state index is -0.976. The first-order valence-electron chi connectivity index (χ1n) is 8.31. The first-order valence-corrected chi connectivity index (χ1v) is 9.06. The zero-order valence-corrected chi connectivity index (χ0v) is 15.8. The Hall–Kier alpha value is -2.97. The molecule has 0 bridgehead atoms. The third kappa shape index (κ3) is 3.21. The summed E-state index contributed by atoms with van der Waals surface area (Å²) in [6.07, 6.45) is 0. The van der Waals surface area contributed by atoms with Gasteiger partial charge in [0.1, 0.15) is 6.54 Å². The number of rotatable bonds is 4. The molecule has 2 aliphatic rings. The van der Waals surface area contributed by atoms with Crippen LogP contribution in [0.4, 0.5) is 11.4 Å². The number of nitrogens with one attached hydrogen (secondary N) is 1. The molecule has 4 rings (SSSR count). The lowest BCUT2D eigenvalue weighted by Crippen LogP contribution is -2.43. The van der Waals surface area contributed by atoms with Crippen molar-refractivity contribution in [1.82, 2.24) is 5.01 Å². The molecule has 1 saturated heterocycles. The first kappa shape index (κ1) is 18.4. The molecule has 142 valence electrons. The summed E-state index contributed by atoms with van der Waals surface area (Å²) in [6, 6.07) is 11.2. The standard InChI is InChI=1S/C18H13Cl2N5O3/c19-10-5-7-11(8-6-10)25-17(27)15-16(18(25)28)24(23-22-15)9-14(26)21-13-4-2-1-3-12(13)20/h1-8,15-16H,9H2,(H,21,26)/t15-,16+/m1/s1. The first-order chi connectivity index (χ1) is 13.5. The highest BCUT2D eigenvalue weighted by Gasteiger charge is 2.55. The highest BCUT2D eigenvalue weighted by Crippen LogP contribution is 2.32. The Bertz CT molecular complexity index is 995. The second kappa shape index (κ2) is 7.21. The van der Waals surface area contributed by atoms with E-state index in [0.29, 0.717) is 21.4 Å². The fourth-order valence-corrected chi connectivity index (χ4v) is 3.41. The number of para-hydroxylation sites is 1. The average Bonchev–Trinajstić information content (AvgIpc) is 3.18. The maximum Gasteiger partial charge on any atom is 0.263 e. The van der Waals surface area contributed by atoms with E-state index in [0.717, 1.165) is 4.90 Å². The Morgan fingerprint density at radius 2 is 1.75 bits per heavy atom. The molecule has 0 spiro atoms. The number of carbonyl (C=O) groups excluding carboxylic acids is 3. The van der Waals surface area contributed by atoms with E-state index < -0.39 is 29.8 Å². The Kier molecular flexibility index (Phi) is 4.74. The van der Waals surface area contributed by atoms with Crippen molar-refractivity contribution in [2.75, 3.05) is 16.8 Å². The second-order valence-electron chi connectivity index (χ2n) is 6.21. The van der Waals surface area contributed by atoms with Crippen LogP contribution in [0, 0.1) is 0 Å². The van der Waals surface area contributed by atoms with E-state index in [-0.39, 0.29) is 6.54 Å². The number of hydrogen-bond donors (Lipinski definition) is 1. The minimum absolute atomic E-state index is 0.247. The minimum Gasteiger partial charge on any atom is -0.323 e. The van der Waals surface area contributed by atoms with Gasteiger partial charge < -0.3 is 5.32 Å².